The Morgan fingerprint density at radius 1 is 1.57 bits per heavy atom. The first-order valence-electron chi connectivity index (χ1n) is 6.98. The minimum Gasteiger partial charge on any atom is -0.398 e. The third-order valence-corrected chi connectivity index (χ3v) is 3.59. The van der Waals surface area contributed by atoms with Gasteiger partial charge in [-0.15, -0.1) is 0 Å². The number of ether oxygens (including phenoxy) is 1. The molecule has 0 aromatic heterocycles. The molecule has 0 bridgehead atoms. The van der Waals surface area contributed by atoms with E-state index in [0.29, 0.717) is 13.2 Å². The second-order valence-electron chi connectivity index (χ2n) is 5.05. The van der Waals surface area contributed by atoms with E-state index >= 15 is 0 Å². The molecule has 7 heteroatoms. The van der Waals surface area contributed by atoms with Crippen LogP contribution in [0, 0.1) is 5.82 Å². The standard InChI is InChI=1S/C14H21FN4O2/c1-2-19-3-4-21-9(8-19)7-18-13-5-10(14(17)20)12(16)6-11(13)15/h5-6,9,18H,2-4,7-8,16H2,1H3,(H2,17,20). The van der Waals surface area contributed by atoms with Gasteiger partial charge in [0.2, 0.25) is 0 Å². The van der Waals surface area contributed by atoms with Crippen LogP contribution < -0.4 is 16.8 Å². The molecule has 1 atom stereocenters. The van der Waals surface area contributed by atoms with Crippen molar-refractivity contribution in [2.24, 2.45) is 5.73 Å². The Hall–Kier alpha value is -1.86. The molecule has 0 radical (unpaired) electrons. The van der Waals surface area contributed by atoms with Gasteiger partial charge in [0.1, 0.15) is 5.82 Å². The number of carbonyl (C=O) groups excluding carboxylic acids is 1. The molecular formula is C14H21FN4O2. The molecule has 1 aliphatic heterocycles. The fourth-order valence-corrected chi connectivity index (χ4v) is 2.35. The number of nitrogens with zero attached hydrogens (tertiary/aromatic N) is 1. The molecule has 5 N–H and O–H groups in total. The van der Waals surface area contributed by atoms with Gasteiger partial charge in [-0.3, -0.25) is 9.69 Å². The Bertz CT molecular complexity index is 524. The molecule has 0 saturated carbocycles. The van der Waals surface area contributed by atoms with Crippen molar-refractivity contribution in [1.82, 2.24) is 4.90 Å². The van der Waals surface area contributed by atoms with Crippen LogP contribution in [0.25, 0.3) is 0 Å². The van der Waals surface area contributed by atoms with Gasteiger partial charge in [-0.05, 0) is 18.7 Å². The normalized spacial score (nSPS) is 19.4. The summed E-state index contributed by atoms with van der Waals surface area (Å²) in [5.74, 6) is -1.19. The molecule has 2 rings (SSSR count). The molecule has 1 fully saturated rings. The Morgan fingerprint density at radius 3 is 3.00 bits per heavy atom. The van der Waals surface area contributed by atoms with Crippen molar-refractivity contribution < 1.29 is 13.9 Å². The van der Waals surface area contributed by atoms with E-state index in [-0.39, 0.29) is 23.0 Å². The third-order valence-electron chi connectivity index (χ3n) is 3.59. The Labute approximate surface area is 123 Å². The number of hydrogen-bond donors (Lipinski definition) is 3. The van der Waals surface area contributed by atoms with Gasteiger partial charge in [0.05, 0.1) is 24.0 Å². The Morgan fingerprint density at radius 2 is 2.33 bits per heavy atom. The zero-order valence-electron chi connectivity index (χ0n) is 12.1. The van der Waals surface area contributed by atoms with Gasteiger partial charge < -0.3 is 21.5 Å². The number of morpholine rings is 1. The topological polar surface area (TPSA) is 93.6 Å². The number of halogens is 1. The number of rotatable bonds is 5. The summed E-state index contributed by atoms with van der Waals surface area (Å²) in [5.41, 5.74) is 11.1. The van der Waals surface area contributed by atoms with E-state index in [1.165, 1.54) is 6.07 Å². The fourth-order valence-electron chi connectivity index (χ4n) is 2.35. The lowest BCUT2D eigenvalue weighted by Crippen LogP contribution is -2.45. The van der Waals surface area contributed by atoms with E-state index in [1.807, 2.05) is 0 Å². The van der Waals surface area contributed by atoms with E-state index in [9.17, 15) is 9.18 Å². The van der Waals surface area contributed by atoms with Gasteiger partial charge >= 0.3 is 0 Å². The number of hydrogen-bond acceptors (Lipinski definition) is 5. The molecule has 116 valence electrons. The first-order chi connectivity index (χ1) is 10.0. The highest BCUT2D eigenvalue weighted by Crippen LogP contribution is 2.22. The maximum Gasteiger partial charge on any atom is 0.250 e. The zero-order valence-corrected chi connectivity index (χ0v) is 12.1. The SMILES string of the molecule is CCN1CCOC(CNc2cc(C(N)=O)c(N)cc2F)C1. The Kier molecular flexibility index (Phi) is 4.98. The number of nitrogen functional groups attached to an aromatic ring is 1. The van der Waals surface area contributed by atoms with Crippen molar-refractivity contribution in [1.29, 1.82) is 0 Å². The van der Waals surface area contributed by atoms with Crippen LogP contribution in [-0.2, 0) is 4.74 Å². The highest BCUT2D eigenvalue weighted by atomic mass is 19.1. The fraction of sp³-hybridized carbons (Fsp3) is 0.500. The number of nitrogens with two attached hydrogens (primary N) is 2. The largest absolute Gasteiger partial charge is 0.398 e. The molecule has 6 nitrogen and oxygen atoms in total. The second-order valence-corrected chi connectivity index (χ2v) is 5.05. The van der Waals surface area contributed by atoms with Crippen molar-refractivity contribution in [3.05, 3.63) is 23.5 Å². The van der Waals surface area contributed by atoms with Gasteiger partial charge in [0.15, 0.2) is 0 Å². The first kappa shape index (κ1) is 15.5. The average Bonchev–Trinajstić information content (AvgIpc) is 2.46. The van der Waals surface area contributed by atoms with Crippen molar-refractivity contribution in [2.45, 2.75) is 13.0 Å². The second kappa shape index (κ2) is 6.73. The van der Waals surface area contributed by atoms with Crippen LogP contribution in [0.5, 0.6) is 0 Å². The van der Waals surface area contributed by atoms with Gasteiger partial charge in [-0.25, -0.2) is 4.39 Å². The first-order valence-corrected chi connectivity index (χ1v) is 6.98. The van der Waals surface area contributed by atoms with Crippen molar-refractivity contribution >= 4 is 17.3 Å². The van der Waals surface area contributed by atoms with Crippen LogP contribution in [0.1, 0.15) is 17.3 Å². The minimum absolute atomic E-state index is 0.0207. The monoisotopic (exact) mass is 296 g/mol. The third kappa shape index (κ3) is 3.83. The predicted molar refractivity (Wildman–Crippen MR) is 79.7 cm³/mol. The van der Waals surface area contributed by atoms with E-state index in [2.05, 4.69) is 17.1 Å². The number of primary amides is 1. The molecule has 0 spiro atoms. The molecule has 21 heavy (non-hydrogen) atoms. The number of benzene rings is 1. The van der Waals surface area contributed by atoms with E-state index in [0.717, 1.165) is 25.7 Å². The van der Waals surface area contributed by atoms with Crippen LogP contribution in [0.3, 0.4) is 0 Å². The lowest BCUT2D eigenvalue weighted by molar-refractivity contribution is -0.0192. The smallest absolute Gasteiger partial charge is 0.250 e. The number of likely N-dealkylation sites (N-methyl/N-ethyl adjacent to an activating group) is 1. The van der Waals surface area contributed by atoms with Crippen molar-refractivity contribution in [2.75, 3.05) is 43.8 Å². The van der Waals surface area contributed by atoms with Crippen molar-refractivity contribution in [3.8, 4) is 0 Å². The molecule has 1 unspecified atom stereocenters. The molecule has 1 aromatic rings. The molecule has 1 saturated heterocycles. The number of anilines is 2. The summed E-state index contributed by atoms with van der Waals surface area (Å²) in [4.78, 5) is 13.5. The number of amides is 1. The quantitative estimate of drug-likeness (QED) is 0.693. The van der Waals surface area contributed by atoms with Gasteiger partial charge in [-0.2, -0.15) is 0 Å². The van der Waals surface area contributed by atoms with Crippen LogP contribution in [0.2, 0.25) is 0 Å². The lowest BCUT2D eigenvalue weighted by atomic mass is 10.1. The maximum absolute atomic E-state index is 13.8. The summed E-state index contributed by atoms with van der Waals surface area (Å²) in [6, 6.07) is 2.44. The van der Waals surface area contributed by atoms with E-state index in [1.54, 1.807) is 0 Å². The van der Waals surface area contributed by atoms with Gasteiger partial charge in [-0.1, -0.05) is 6.92 Å². The molecule has 1 aliphatic rings. The summed E-state index contributed by atoms with van der Waals surface area (Å²) >= 11 is 0. The summed E-state index contributed by atoms with van der Waals surface area (Å²) in [6.07, 6.45) is -0.0207. The molecule has 1 aromatic carbocycles. The molecular weight excluding hydrogens is 275 g/mol. The summed E-state index contributed by atoms with van der Waals surface area (Å²) in [6.45, 7) is 5.88. The highest BCUT2D eigenvalue weighted by molar-refractivity contribution is 5.99. The average molecular weight is 296 g/mol. The van der Waals surface area contributed by atoms with Crippen LogP contribution in [-0.4, -0.2) is 49.7 Å². The number of nitrogens with one attached hydrogen (secondary N) is 1. The van der Waals surface area contributed by atoms with E-state index in [4.69, 9.17) is 16.2 Å². The van der Waals surface area contributed by atoms with Crippen LogP contribution in [0.4, 0.5) is 15.8 Å². The van der Waals surface area contributed by atoms with Crippen molar-refractivity contribution in [3.63, 3.8) is 0 Å². The van der Waals surface area contributed by atoms with E-state index < -0.39 is 11.7 Å². The molecule has 0 aliphatic carbocycles. The summed E-state index contributed by atoms with van der Waals surface area (Å²) in [5, 5.41) is 2.96. The lowest BCUT2D eigenvalue weighted by Gasteiger charge is -2.32. The Balaban J connectivity index is 2.02. The predicted octanol–water partition coefficient (Wildman–Crippen LogP) is 0.639. The molecule has 1 amide bonds. The maximum atomic E-state index is 13.8. The summed E-state index contributed by atoms with van der Waals surface area (Å²) < 4.78 is 19.5. The van der Waals surface area contributed by atoms with Crippen LogP contribution in [0.15, 0.2) is 12.1 Å². The van der Waals surface area contributed by atoms with Crippen LogP contribution >= 0.6 is 0 Å². The summed E-state index contributed by atoms with van der Waals surface area (Å²) in [7, 11) is 0. The zero-order chi connectivity index (χ0) is 15.4. The van der Waals surface area contributed by atoms with Gasteiger partial charge in [0, 0.05) is 25.3 Å². The number of carbonyl (C=O) groups is 1. The highest BCUT2D eigenvalue weighted by Gasteiger charge is 2.20. The molecule has 1 heterocycles. The minimum atomic E-state index is -0.679. The van der Waals surface area contributed by atoms with Gasteiger partial charge in [0.25, 0.3) is 5.91 Å².